The number of fused-ring (bicyclic) bond motifs is 3. The molecule has 0 aliphatic rings. The van der Waals surface area contributed by atoms with E-state index in [1.807, 2.05) is 24.3 Å². The lowest BCUT2D eigenvalue weighted by Gasteiger charge is -2.09. The molecule has 0 spiro atoms. The zero-order valence-electron chi connectivity index (χ0n) is 18.0. The van der Waals surface area contributed by atoms with E-state index in [9.17, 15) is 9.59 Å². The average molecular weight is 438 g/mol. The number of hydrogen-bond donors (Lipinski definition) is 1. The van der Waals surface area contributed by atoms with Gasteiger partial charge in [0.05, 0.1) is 29.1 Å². The van der Waals surface area contributed by atoms with Gasteiger partial charge in [-0.2, -0.15) is 0 Å². The summed E-state index contributed by atoms with van der Waals surface area (Å²) in [7, 11) is 1.32. The van der Waals surface area contributed by atoms with Gasteiger partial charge < -0.3 is 14.3 Å². The number of aryl methyl sites for hydroxylation is 2. The normalized spacial score (nSPS) is 12.4. The quantitative estimate of drug-likeness (QED) is 0.275. The summed E-state index contributed by atoms with van der Waals surface area (Å²) in [6.45, 7) is 8.09. The van der Waals surface area contributed by atoms with Crippen molar-refractivity contribution in [1.82, 2.24) is 24.7 Å². The molecule has 0 saturated heterocycles. The summed E-state index contributed by atoms with van der Waals surface area (Å²) in [6, 6.07) is 8.00. The fourth-order valence-corrected chi connectivity index (χ4v) is 4.65. The van der Waals surface area contributed by atoms with Crippen LogP contribution in [0.1, 0.15) is 46.0 Å². The van der Waals surface area contributed by atoms with Crippen LogP contribution in [0.15, 0.2) is 29.4 Å². The molecule has 31 heavy (non-hydrogen) atoms. The highest BCUT2D eigenvalue weighted by molar-refractivity contribution is 8.00. The first-order valence-electron chi connectivity index (χ1n) is 9.97. The van der Waals surface area contributed by atoms with E-state index in [4.69, 9.17) is 9.72 Å². The Bertz CT molecular complexity index is 1320. The van der Waals surface area contributed by atoms with Crippen molar-refractivity contribution in [2.24, 2.45) is 0 Å². The molecule has 1 atom stereocenters. The molecule has 0 saturated carbocycles. The Morgan fingerprint density at radius 1 is 1.23 bits per heavy atom. The van der Waals surface area contributed by atoms with Crippen molar-refractivity contribution in [3.05, 3.63) is 46.8 Å². The molecule has 0 radical (unpaired) electrons. The van der Waals surface area contributed by atoms with E-state index in [0.717, 1.165) is 28.6 Å². The molecule has 0 aliphatic carbocycles. The number of aromatic nitrogens is 5. The van der Waals surface area contributed by atoms with Gasteiger partial charge in [0.1, 0.15) is 5.52 Å². The van der Waals surface area contributed by atoms with E-state index >= 15 is 0 Å². The highest BCUT2D eigenvalue weighted by Crippen LogP contribution is 2.29. The minimum atomic E-state index is -0.471. The van der Waals surface area contributed by atoms with Gasteiger partial charge in [0, 0.05) is 17.6 Å². The number of ether oxygens (including phenoxy) is 1. The van der Waals surface area contributed by atoms with Crippen LogP contribution in [-0.2, 0) is 11.3 Å². The predicted molar refractivity (Wildman–Crippen MR) is 120 cm³/mol. The number of carbonyl (C=O) groups excluding carboxylic acids is 2. The lowest BCUT2D eigenvalue weighted by atomic mass is 10.1. The van der Waals surface area contributed by atoms with Gasteiger partial charge in [-0.25, -0.2) is 9.78 Å². The van der Waals surface area contributed by atoms with Gasteiger partial charge in [-0.3, -0.25) is 4.79 Å². The number of esters is 1. The molecule has 0 unspecified atom stereocenters. The standard InChI is InChI=1S/C22H23N5O3S/c1-6-27-15-10-8-7-9-14(15)18-20(27)24-22(26-25-18)31-13(4)19(28)17-11(2)16(12(3)23-17)21(29)30-5/h7-10,13,23H,6H2,1-5H3/t13-/m1/s1. The van der Waals surface area contributed by atoms with Gasteiger partial charge in [-0.1, -0.05) is 30.0 Å². The summed E-state index contributed by atoms with van der Waals surface area (Å²) in [5, 5.41) is 9.62. The number of rotatable bonds is 6. The van der Waals surface area contributed by atoms with Crippen LogP contribution < -0.4 is 0 Å². The summed E-state index contributed by atoms with van der Waals surface area (Å²) < 4.78 is 6.92. The Kier molecular flexibility index (Phi) is 5.53. The number of thioether (sulfide) groups is 1. The molecule has 0 aliphatic heterocycles. The van der Waals surface area contributed by atoms with Gasteiger partial charge >= 0.3 is 5.97 Å². The summed E-state index contributed by atoms with van der Waals surface area (Å²) in [6.07, 6.45) is 0. The number of ketones is 1. The van der Waals surface area contributed by atoms with Crippen molar-refractivity contribution >= 4 is 45.6 Å². The molecule has 3 aromatic heterocycles. The largest absolute Gasteiger partial charge is 0.465 e. The minimum Gasteiger partial charge on any atom is -0.465 e. The number of hydrogen-bond acceptors (Lipinski definition) is 7. The Morgan fingerprint density at radius 3 is 2.68 bits per heavy atom. The van der Waals surface area contributed by atoms with Crippen molar-refractivity contribution in [1.29, 1.82) is 0 Å². The molecule has 0 fully saturated rings. The molecule has 8 nitrogen and oxygen atoms in total. The summed E-state index contributed by atoms with van der Waals surface area (Å²) in [4.78, 5) is 32.8. The van der Waals surface area contributed by atoms with Crippen LogP contribution in [0.4, 0.5) is 0 Å². The van der Waals surface area contributed by atoms with Gasteiger partial charge in [-0.15, -0.1) is 10.2 Å². The number of para-hydroxylation sites is 1. The van der Waals surface area contributed by atoms with E-state index in [1.165, 1.54) is 18.9 Å². The first-order chi connectivity index (χ1) is 14.9. The number of carbonyl (C=O) groups is 2. The monoisotopic (exact) mass is 437 g/mol. The highest BCUT2D eigenvalue weighted by atomic mass is 32.2. The van der Waals surface area contributed by atoms with E-state index in [1.54, 1.807) is 20.8 Å². The molecule has 160 valence electrons. The van der Waals surface area contributed by atoms with E-state index in [2.05, 4.69) is 26.7 Å². The number of nitrogens with one attached hydrogen (secondary N) is 1. The van der Waals surface area contributed by atoms with E-state index in [0.29, 0.717) is 27.7 Å². The Balaban J connectivity index is 1.66. The third-order valence-electron chi connectivity index (χ3n) is 5.40. The second-order valence-electron chi connectivity index (χ2n) is 7.27. The zero-order valence-corrected chi connectivity index (χ0v) is 18.8. The summed E-state index contributed by atoms with van der Waals surface area (Å²) in [5.41, 5.74) is 4.55. The van der Waals surface area contributed by atoms with Crippen molar-refractivity contribution < 1.29 is 14.3 Å². The number of Topliss-reactive ketones (excluding diaryl/α,β-unsaturated/α-hetero) is 1. The molecule has 0 amide bonds. The Labute approximate surface area is 183 Å². The molecule has 3 heterocycles. The first kappa shape index (κ1) is 21.0. The number of H-pyrrole nitrogens is 1. The second-order valence-corrected chi connectivity index (χ2v) is 8.58. The molecular formula is C22H23N5O3S. The summed E-state index contributed by atoms with van der Waals surface area (Å²) in [5.74, 6) is -0.600. The number of methoxy groups -OCH3 is 1. The van der Waals surface area contributed by atoms with Crippen LogP contribution in [0.25, 0.3) is 22.1 Å². The Hall–Kier alpha value is -3.20. The van der Waals surface area contributed by atoms with Gasteiger partial charge in [0.25, 0.3) is 0 Å². The molecular weight excluding hydrogens is 414 g/mol. The molecule has 0 bridgehead atoms. The predicted octanol–water partition coefficient (Wildman–Crippen LogP) is 4.09. The fraction of sp³-hybridized carbons (Fsp3) is 0.318. The molecule has 9 heteroatoms. The first-order valence-corrected chi connectivity index (χ1v) is 10.8. The van der Waals surface area contributed by atoms with Crippen molar-refractivity contribution in [3.8, 4) is 0 Å². The molecule has 1 N–H and O–H groups in total. The zero-order chi connectivity index (χ0) is 22.3. The van der Waals surface area contributed by atoms with Crippen LogP contribution >= 0.6 is 11.8 Å². The van der Waals surface area contributed by atoms with E-state index < -0.39 is 11.2 Å². The van der Waals surface area contributed by atoms with E-state index in [-0.39, 0.29) is 5.78 Å². The highest BCUT2D eigenvalue weighted by Gasteiger charge is 2.27. The van der Waals surface area contributed by atoms with Crippen LogP contribution in [0.5, 0.6) is 0 Å². The van der Waals surface area contributed by atoms with Crippen LogP contribution in [-0.4, -0.2) is 48.8 Å². The van der Waals surface area contributed by atoms with Crippen molar-refractivity contribution in [3.63, 3.8) is 0 Å². The fourth-order valence-electron chi connectivity index (χ4n) is 3.88. The number of aromatic amines is 1. The van der Waals surface area contributed by atoms with Crippen LogP contribution in [0, 0.1) is 13.8 Å². The third-order valence-corrected chi connectivity index (χ3v) is 6.35. The van der Waals surface area contributed by atoms with Crippen molar-refractivity contribution in [2.75, 3.05) is 7.11 Å². The Morgan fingerprint density at radius 2 is 1.97 bits per heavy atom. The molecule has 4 rings (SSSR count). The van der Waals surface area contributed by atoms with Crippen LogP contribution in [0.3, 0.4) is 0 Å². The van der Waals surface area contributed by atoms with Gasteiger partial charge in [0.2, 0.25) is 5.16 Å². The maximum absolute atomic E-state index is 13.1. The second kappa shape index (κ2) is 8.14. The summed E-state index contributed by atoms with van der Waals surface area (Å²) >= 11 is 1.24. The maximum Gasteiger partial charge on any atom is 0.339 e. The van der Waals surface area contributed by atoms with Crippen molar-refractivity contribution in [2.45, 2.75) is 44.6 Å². The minimum absolute atomic E-state index is 0.138. The topological polar surface area (TPSA) is 103 Å². The maximum atomic E-state index is 13.1. The molecule has 4 aromatic rings. The van der Waals surface area contributed by atoms with Gasteiger partial charge in [-0.05, 0) is 39.3 Å². The van der Waals surface area contributed by atoms with Gasteiger partial charge in [0.15, 0.2) is 11.4 Å². The molecule has 1 aromatic carbocycles. The third kappa shape index (κ3) is 3.48. The number of nitrogens with zero attached hydrogens (tertiary/aromatic N) is 4. The lowest BCUT2D eigenvalue weighted by Crippen LogP contribution is -2.16. The SMILES string of the molecule is CCn1c2ccccc2c2nnc(S[C@H](C)C(=O)c3[nH]c(C)c(C(=O)OC)c3C)nc21. The number of benzene rings is 1. The smallest absolute Gasteiger partial charge is 0.339 e. The lowest BCUT2D eigenvalue weighted by molar-refractivity contribution is 0.0599. The van der Waals surface area contributed by atoms with Crippen LogP contribution in [0.2, 0.25) is 0 Å². The average Bonchev–Trinajstić information content (AvgIpc) is 3.25.